The van der Waals surface area contributed by atoms with Crippen LogP contribution in [0.15, 0.2) is 0 Å². The molecular formula is C16H40O7Si2. The SMILES string of the molecule is CCCO[Si](OCCC)(OCCC)OCCC.CO[Si](C)(OC)OC. The largest absolute Gasteiger partial charge is 0.679 e. The minimum absolute atomic E-state index is 0.628. The Hall–Kier alpha value is 0.154. The van der Waals surface area contributed by atoms with Gasteiger partial charge in [-0.3, -0.25) is 0 Å². The monoisotopic (exact) mass is 400 g/mol. The Morgan fingerprint density at radius 2 is 0.760 bits per heavy atom. The van der Waals surface area contributed by atoms with Gasteiger partial charge in [0, 0.05) is 54.3 Å². The van der Waals surface area contributed by atoms with Crippen LogP contribution in [0.3, 0.4) is 0 Å². The second-order valence-corrected chi connectivity index (χ2v) is 10.5. The highest BCUT2D eigenvalue weighted by Gasteiger charge is 2.45. The van der Waals surface area contributed by atoms with E-state index in [2.05, 4.69) is 27.7 Å². The lowest BCUT2D eigenvalue weighted by Gasteiger charge is -2.27. The maximum atomic E-state index is 5.76. The van der Waals surface area contributed by atoms with Gasteiger partial charge in [-0.1, -0.05) is 27.7 Å². The summed E-state index contributed by atoms with van der Waals surface area (Å²) >= 11 is 0. The molecule has 0 saturated carbocycles. The van der Waals surface area contributed by atoms with Gasteiger partial charge in [-0.2, -0.15) is 0 Å². The summed E-state index contributed by atoms with van der Waals surface area (Å²) in [4.78, 5) is 0. The lowest BCUT2D eigenvalue weighted by molar-refractivity contribution is -0.0347. The van der Waals surface area contributed by atoms with Crippen molar-refractivity contribution in [1.82, 2.24) is 0 Å². The predicted molar refractivity (Wildman–Crippen MR) is 103 cm³/mol. The molecule has 0 aliphatic carbocycles. The molecule has 0 aliphatic rings. The Morgan fingerprint density at radius 3 is 0.880 bits per heavy atom. The first kappa shape index (κ1) is 27.4. The molecule has 0 aromatic rings. The van der Waals surface area contributed by atoms with Gasteiger partial charge in [-0.25, -0.2) is 0 Å². The highest BCUT2D eigenvalue weighted by Crippen LogP contribution is 2.14. The molecule has 0 saturated heterocycles. The highest BCUT2D eigenvalue weighted by molar-refractivity contribution is 6.58. The first-order valence-corrected chi connectivity index (χ1v) is 13.0. The molecular weight excluding hydrogens is 360 g/mol. The maximum absolute atomic E-state index is 5.76. The number of hydrogen-bond acceptors (Lipinski definition) is 7. The van der Waals surface area contributed by atoms with Gasteiger partial charge in [-0.15, -0.1) is 0 Å². The summed E-state index contributed by atoms with van der Waals surface area (Å²) in [5.41, 5.74) is 0. The van der Waals surface area contributed by atoms with Crippen LogP contribution in [0.25, 0.3) is 0 Å². The average Bonchev–Trinajstić information content (AvgIpc) is 2.66. The fraction of sp³-hybridized carbons (Fsp3) is 1.00. The molecule has 9 heteroatoms. The number of hydrogen-bond donors (Lipinski definition) is 0. The van der Waals surface area contributed by atoms with E-state index in [4.69, 9.17) is 31.0 Å². The van der Waals surface area contributed by atoms with Crippen molar-refractivity contribution in [3.8, 4) is 0 Å². The van der Waals surface area contributed by atoms with Crippen LogP contribution in [0.5, 0.6) is 0 Å². The Balaban J connectivity index is 0. The van der Waals surface area contributed by atoms with E-state index >= 15 is 0 Å². The molecule has 25 heavy (non-hydrogen) atoms. The highest BCUT2D eigenvalue weighted by atomic mass is 28.4. The second kappa shape index (κ2) is 17.6. The van der Waals surface area contributed by atoms with Gasteiger partial charge in [0.05, 0.1) is 0 Å². The summed E-state index contributed by atoms with van der Waals surface area (Å²) in [6, 6.07) is 0. The summed E-state index contributed by atoms with van der Waals surface area (Å²) in [5.74, 6) is 0. The molecule has 7 nitrogen and oxygen atoms in total. The molecule has 0 amide bonds. The lowest BCUT2D eigenvalue weighted by Crippen LogP contribution is -2.50. The van der Waals surface area contributed by atoms with Crippen LogP contribution in [0.4, 0.5) is 0 Å². The van der Waals surface area contributed by atoms with Crippen LogP contribution in [0, 0.1) is 0 Å². The average molecular weight is 401 g/mol. The van der Waals surface area contributed by atoms with Gasteiger partial charge in [0.25, 0.3) is 0 Å². The number of rotatable bonds is 15. The van der Waals surface area contributed by atoms with Crippen molar-refractivity contribution < 1.29 is 31.0 Å². The maximum Gasteiger partial charge on any atom is 0.679 e. The van der Waals surface area contributed by atoms with Gasteiger partial charge < -0.3 is 31.0 Å². The Kier molecular flexibility index (Phi) is 19.2. The Morgan fingerprint density at radius 1 is 0.520 bits per heavy atom. The molecule has 0 aliphatic heterocycles. The molecule has 0 atom stereocenters. The summed E-state index contributed by atoms with van der Waals surface area (Å²) in [7, 11) is -0.303. The summed E-state index contributed by atoms with van der Waals surface area (Å²) in [6.07, 6.45) is 3.76. The predicted octanol–water partition coefficient (Wildman–Crippen LogP) is 3.62. The van der Waals surface area contributed by atoms with Crippen molar-refractivity contribution in [2.75, 3.05) is 47.8 Å². The summed E-state index contributed by atoms with van der Waals surface area (Å²) < 4.78 is 37.8. The molecule has 0 bridgehead atoms. The van der Waals surface area contributed by atoms with Crippen LogP contribution in [-0.4, -0.2) is 65.6 Å². The Labute approximate surface area is 157 Å². The molecule has 154 valence electrons. The van der Waals surface area contributed by atoms with Gasteiger partial charge >= 0.3 is 17.9 Å². The fourth-order valence-corrected chi connectivity index (χ4v) is 4.22. The zero-order valence-electron chi connectivity index (χ0n) is 17.5. The summed E-state index contributed by atoms with van der Waals surface area (Å²) in [5, 5.41) is 0. The van der Waals surface area contributed by atoms with E-state index in [1.54, 1.807) is 21.3 Å². The van der Waals surface area contributed by atoms with E-state index in [0.717, 1.165) is 25.7 Å². The standard InChI is InChI=1S/C12H28O4Si.C4H12O3Si/c1-5-9-13-17(14-10-6-2,15-11-7-3)16-12-8-4;1-5-8(4,6-2)7-3/h5-12H2,1-4H3;1-4H3. The minimum Gasteiger partial charge on any atom is -0.377 e. The van der Waals surface area contributed by atoms with Crippen LogP contribution in [-0.2, 0) is 31.0 Å². The van der Waals surface area contributed by atoms with Crippen LogP contribution in [0.2, 0.25) is 6.55 Å². The zero-order valence-corrected chi connectivity index (χ0v) is 19.5. The van der Waals surface area contributed by atoms with Gasteiger partial charge in [0.2, 0.25) is 0 Å². The van der Waals surface area contributed by atoms with E-state index in [1.165, 1.54) is 0 Å². The molecule has 0 radical (unpaired) electrons. The first-order chi connectivity index (χ1) is 11.9. The topological polar surface area (TPSA) is 64.6 Å². The van der Waals surface area contributed by atoms with E-state index in [1.807, 2.05) is 6.55 Å². The molecule has 0 fully saturated rings. The third kappa shape index (κ3) is 13.9. The quantitative estimate of drug-likeness (QED) is 0.389. The molecule has 0 aromatic heterocycles. The zero-order chi connectivity index (χ0) is 19.6. The van der Waals surface area contributed by atoms with Crippen molar-refractivity contribution in [1.29, 1.82) is 0 Å². The first-order valence-electron chi connectivity index (χ1n) is 9.14. The molecule has 0 aromatic carbocycles. The molecule has 0 N–H and O–H groups in total. The fourth-order valence-electron chi connectivity index (χ4n) is 1.41. The normalized spacial score (nSPS) is 12.0. The summed E-state index contributed by atoms with van der Waals surface area (Å²) in [6.45, 7) is 12.6. The van der Waals surface area contributed by atoms with Crippen molar-refractivity contribution >= 4 is 17.9 Å². The Bertz CT molecular complexity index is 233. The van der Waals surface area contributed by atoms with E-state index in [-0.39, 0.29) is 0 Å². The lowest BCUT2D eigenvalue weighted by atomic mass is 10.5. The van der Waals surface area contributed by atoms with Crippen molar-refractivity contribution in [3.63, 3.8) is 0 Å². The van der Waals surface area contributed by atoms with Crippen LogP contribution >= 0.6 is 0 Å². The van der Waals surface area contributed by atoms with Gasteiger partial charge in [0.15, 0.2) is 0 Å². The third-order valence-electron chi connectivity index (χ3n) is 3.04. The minimum atomic E-state index is -2.88. The second-order valence-electron chi connectivity index (χ2n) is 5.37. The van der Waals surface area contributed by atoms with E-state index < -0.39 is 17.9 Å². The van der Waals surface area contributed by atoms with Crippen molar-refractivity contribution in [2.45, 2.75) is 59.9 Å². The van der Waals surface area contributed by atoms with Gasteiger partial charge in [0.1, 0.15) is 0 Å². The molecule has 0 unspecified atom stereocenters. The van der Waals surface area contributed by atoms with Crippen LogP contribution < -0.4 is 0 Å². The van der Waals surface area contributed by atoms with E-state index in [0.29, 0.717) is 26.4 Å². The van der Waals surface area contributed by atoms with Crippen molar-refractivity contribution in [2.24, 2.45) is 0 Å². The third-order valence-corrected chi connectivity index (χ3v) is 7.50. The smallest absolute Gasteiger partial charge is 0.377 e. The molecule has 0 rings (SSSR count). The molecule has 0 spiro atoms. The molecule has 0 heterocycles. The van der Waals surface area contributed by atoms with Gasteiger partial charge in [-0.05, 0) is 25.7 Å². The van der Waals surface area contributed by atoms with Crippen LogP contribution in [0.1, 0.15) is 53.4 Å². The van der Waals surface area contributed by atoms with Crippen molar-refractivity contribution in [3.05, 3.63) is 0 Å². The van der Waals surface area contributed by atoms with E-state index in [9.17, 15) is 0 Å².